The monoisotopic (exact) mass is 251 g/mol. The van der Waals surface area contributed by atoms with Crippen molar-refractivity contribution in [2.24, 2.45) is 5.92 Å². The van der Waals surface area contributed by atoms with E-state index in [-0.39, 0.29) is 6.04 Å². The Kier molecular flexibility index (Phi) is 2.66. The average Bonchev–Trinajstić information content (AvgIpc) is 2.89. The van der Waals surface area contributed by atoms with Crippen LogP contribution in [0.15, 0.2) is 18.2 Å². The van der Waals surface area contributed by atoms with E-state index in [1.165, 1.54) is 6.07 Å². The van der Waals surface area contributed by atoms with Crippen molar-refractivity contribution in [1.82, 2.24) is 5.32 Å². The maximum Gasteiger partial charge on any atom is 0.327 e. The summed E-state index contributed by atoms with van der Waals surface area (Å²) in [6.07, 6.45) is 1.01. The van der Waals surface area contributed by atoms with Crippen molar-refractivity contribution in [2.75, 3.05) is 24.5 Å². The molecule has 2 aliphatic rings. The van der Waals surface area contributed by atoms with Gasteiger partial charge in [-0.2, -0.15) is 4.39 Å². The third kappa shape index (κ3) is 1.64. The zero-order valence-corrected chi connectivity index (χ0v) is 9.80. The van der Waals surface area contributed by atoms with Gasteiger partial charge in [0.1, 0.15) is 5.69 Å². The maximum absolute atomic E-state index is 13.6. The number of nitro groups is 1. The molecule has 0 saturated carbocycles. The summed E-state index contributed by atoms with van der Waals surface area (Å²) in [6.45, 7) is 2.53. The van der Waals surface area contributed by atoms with E-state index in [4.69, 9.17) is 0 Å². The Labute approximate surface area is 104 Å². The maximum atomic E-state index is 13.6. The summed E-state index contributed by atoms with van der Waals surface area (Å²) in [5.74, 6) is -0.236. The second-order valence-corrected chi connectivity index (χ2v) is 4.83. The van der Waals surface area contributed by atoms with Gasteiger partial charge in [0.15, 0.2) is 0 Å². The fourth-order valence-electron chi connectivity index (χ4n) is 3.06. The second kappa shape index (κ2) is 4.20. The number of nitro benzene ring substituents is 1. The van der Waals surface area contributed by atoms with Crippen molar-refractivity contribution in [3.05, 3.63) is 34.1 Å². The minimum absolute atomic E-state index is 0.255. The molecule has 2 saturated heterocycles. The SMILES string of the molecule is O=[N+]([O-])c1c(F)cccc1N1CC[C@H]2CNC[C@H]21. The molecule has 2 aliphatic heterocycles. The molecule has 3 rings (SSSR count). The Morgan fingerprint density at radius 3 is 3.06 bits per heavy atom. The highest BCUT2D eigenvalue weighted by molar-refractivity contribution is 5.65. The standard InChI is InChI=1S/C12H14FN3O2/c13-9-2-1-3-10(12(9)16(17)18)15-5-4-8-6-14-7-11(8)15/h1-3,8,11,14H,4-7H2/t8-,11+/m0/s1. The van der Waals surface area contributed by atoms with Gasteiger partial charge in [-0.05, 0) is 24.5 Å². The van der Waals surface area contributed by atoms with Crippen LogP contribution in [0.25, 0.3) is 0 Å². The lowest BCUT2D eigenvalue weighted by molar-refractivity contribution is -0.386. The van der Waals surface area contributed by atoms with E-state index in [0.717, 1.165) is 32.1 Å². The molecule has 5 nitrogen and oxygen atoms in total. The van der Waals surface area contributed by atoms with Crippen LogP contribution in [0.4, 0.5) is 15.8 Å². The van der Waals surface area contributed by atoms with Gasteiger partial charge in [0.25, 0.3) is 0 Å². The highest BCUT2D eigenvalue weighted by atomic mass is 19.1. The molecule has 1 N–H and O–H groups in total. The van der Waals surface area contributed by atoms with Crippen molar-refractivity contribution in [3.8, 4) is 0 Å². The molecule has 2 fully saturated rings. The van der Waals surface area contributed by atoms with Crippen molar-refractivity contribution < 1.29 is 9.31 Å². The number of halogens is 1. The van der Waals surface area contributed by atoms with Crippen LogP contribution in [-0.4, -0.2) is 30.6 Å². The molecule has 0 bridgehead atoms. The van der Waals surface area contributed by atoms with Crippen LogP contribution in [0.1, 0.15) is 6.42 Å². The molecule has 2 atom stereocenters. The topological polar surface area (TPSA) is 58.4 Å². The van der Waals surface area contributed by atoms with Crippen LogP contribution < -0.4 is 10.2 Å². The largest absolute Gasteiger partial charge is 0.361 e. The summed E-state index contributed by atoms with van der Waals surface area (Å²) < 4.78 is 13.6. The molecule has 0 radical (unpaired) electrons. The van der Waals surface area contributed by atoms with E-state index >= 15 is 0 Å². The zero-order chi connectivity index (χ0) is 12.7. The number of rotatable bonds is 2. The van der Waals surface area contributed by atoms with Crippen LogP contribution in [0.3, 0.4) is 0 Å². The van der Waals surface area contributed by atoms with Crippen LogP contribution in [-0.2, 0) is 0 Å². The Balaban J connectivity index is 2.02. The van der Waals surface area contributed by atoms with Crippen molar-refractivity contribution in [1.29, 1.82) is 0 Å². The van der Waals surface area contributed by atoms with Gasteiger partial charge in [0.2, 0.25) is 5.82 Å². The summed E-state index contributed by atoms with van der Waals surface area (Å²) in [6, 6.07) is 4.57. The van der Waals surface area contributed by atoms with Crippen molar-refractivity contribution in [2.45, 2.75) is 12.5 Å². The van der Waals surface area contributed by atoms with Crippen LogP contribution in [0.2, 0.25) is 0 Å². The molecule has 18 heavy (non-hydrogen) atoms. The van der Waals surface area contributed by atoms with E-state index in [1.54, 1.807) is 6.07 Å². The van der Waals surface area contributed by atoms with Crippen LogP contribution in [0.5, 0.6) is 0 Å². The number of nitrogens with one attached hydrogen (secondary N) is 1. The summed E-state index contributed by atoms with van der Waals surface area (Å²) in [5, 5.41) is 14.3. The lowest BCUT2D eigenvalue weighted by Gasteiger charge is -2.25. The fraction of sp³-hybridized carbons (Fsp3) is 0.500. The van der Waals surface area contributed by atoms with E-state index < -0.39 is 16.4 Å². The van der Waals surface area contributed by atoms with E-state index in [0.29, 0.717) is 11.6 Å². The van der Waals surface area contributed by atoms with Gasteiger partial charge >= 0.3 is 5.69 Å². The predicted octanol–water partition coefficient (Wildman–Crippen LogP) is 1.53. The quantitative estimate of drug-likeness (QED) is 0.639. The molecule has 0 spiro atoms. The molecule has 0 unspecified atom stereocenters. The first-order chi connectivity index (χ1) is 8.68. The van der Waals surface area contributed by atoms with Crippen molar-refractivity contribution in [3.63, 3.8) is 0 Å². The Hall–Kier alpha value is -1.69. The fourth-order valence-corrected chi connectivity index (χ4v) is 3.06. The van der Waals surface area contributed by atoms with E-state index in [9.17, 15) is 14.5 Å². The molecular formula is C12H14FN3O2. The van der Waals surface area contributed by atoms with E-state index in [1.807, 2.05) is 4.90 Å². The normalized spacial score (nSPS) is 26.4. The number of anilines is 1. The molecule has 0 aromatic heterocycles. The van der Waals surface area contributed by atoms with Crippen LogP contribution >= 0.6 is 0 Å². The van der Waals surface area contributed by atoms with Gasteiger partial charge < -0.3 is 10.2 Å². The zero-order valence-electron chi connectivity index (χ0n) is 9.80. The van der Waals surface area contributed by atoms with E-state index in [2.05, 4.69) is 5.32 Å². The first-order valence-electron chi connectivity index (χ1n) is 6.08. The first kappa shape index (κ1) is 11.4. The minimum Gasteiger partial charge on any atom is -0.361 e. The number of hydrogen-bond donors (Lipinski definition) is 1. The lowest BCUT2D eigenvalue weighted by atomic mass is 10.0. The molecular weight excluding hydrogens is 237 g/mol. The van der Waals surface area contributed by atoms with Crippen molar-refractivity contribution >= 4 is 11.4 Å². The molecule has 0 aliphatic carbocycles. The highest BCUT2D eigenvalue weighted by Gasteiger charge is 2.40. The molecule has 6 heteroatoms. The molecule has 1 aromatic rings. The first-order valence-corrected chi connectivity index (χ1v) is 6.08. The number of nitrogens with zero attached hydrogens (tertiary/aromatic N) is 2. The third-order valence-electron chi connectivity index (χ3n) is 3.90. The summed E-state index contributed by atoms with van der Waals surface area (Å²) >= 11 is 0. The second-order valence-electron chi connectivity index (χ2n) is 4.83. The summed E-state index contributed by atoms with van der Waals surface area (Å²) in [7, 11) is 0. The number of para-hydroxylation sites is 1. The van der Waals surface area contributed by atoms with Gasteiger partial charge in [-0.3, -0.25) is 10.1 Å². The smallest absolute Gasteiger partial charge is 0.327 e. The van der Waals surface area contributed by atoms with Gasteiger partial charge in [-0.25, -0.2) is 0 Å². The minimum atomic E-state index is -0.757. The molecule has 1 aromatic carbocycles. The van der Waals surface area contributed by atoms with Crippen LogP contribution in [0, 0.1) is 21.8 Å². The summed E-state index contributed by atoms with van der Waals surface area (Å²) in [5.41, 5.74) is 0.0150. The lowest BCUT2D eigenvalue weighted by Crippen LogP contribution is -2.34. The van der Waals surface area contributed by atoms with Gasteiger partial charge in [0, 0.05) is 25.7 Å². The highest BCUT2D eigenvalue weighted by Crippen LogP contribution is 2.38. The third-order valence-corrected chi connectivity index (χ3v) is 3.90. The summed E-state index contributed by atoms with van der Waals surface area (Å²) in [4.78, 5) is 12.4. The predicted molar refractivity (Wildman–Crippen MR) is 65.2 cm³/mol. The number of hydrogen-bond acceptors (Lipinski definition) is 4. The number of benzene rings is 1. The van der Waals surface area contributed by atoms with Gasteiger partial charge in [0.05, 0.1) is 4.92 Å². The molecule has 2 heterocycles. The molecule has 96 valence electrons. The Morgan fingerprint density at radius 2 is 2.28 bits per heavy atom. The number of fused-ring (bicyclic) bond motifs is 1. The average molecular weight is 251 g/mol. The van der Waals surface area contributed by atoms with Gasteiger partial charge in [-0.1, -0.05) is 6.07 Å². The van der Waals surface area contributed by atoms with Gasteiger partial charge in [-0.15, -0.1) is 0 Å². The molecule has 0 amide bonds. The Morgan fingerprint density at radius 1 is 1.44 bits per heavy atom. The Bertz CT molecular complexity index is 494.